The van der Waals surface area contributed by atoms with Gasteiger partial charge in [0.05, 0.1) is 0 Å². The molecule has 0 bridgehead atoms. The minimum Gasteiger partial charge on any atom is -2.00 e. The average Bonchev–Trinajstić information content (AvgIpc) is 2.55. The van der Waals surface area contributed by atoms with E-state index in [9.17, 15) is 0 Å². The van der Waals surface area contributed by atoms with Crippen molar-refractivity contribution in [2.24, 2.45) is 0 Å². The molecule has 0 N–H and O–H groups in total. The first-order valence-electron chi connectivity index (χ1n) is 7.53. The van der Waals surface area contributed by atoms with Gasteiger partial charge >= 0.3 is 34.1 Å². The van der Waals surface area contributed by atoms with Gasteiger partial charge in [-0.25, -0.2) is 0 Å². The van der Waals surface area contributed by atoms with Crippen LogP contribution in [0.4, 0.5) is 0 Å². The van der Waals surface area contributed by atoms with Gasteiger partial charge in [-0.2, -0.15) is 0 Å². The molecule has 0 atom stereocenters. The molecule has 0 fully saturated rings. The summed E-state index contributed by atoms with van der Waals surface area (Å²) in [6, 6.07) is 17.0. The summed E-state index contributed by atoms with van der Waals surface area (Å²) in [6.45, 7) is 10.3. The minimum absolute atomic E-state index is 0. The maximum atomic E-state index is 3.74. The Balaban J connectivity index is -0.0000000889. The van der Waals surface area contributed by atoms with Crippen LogP contribution in [0.5, 0.6) is 0 Å². The first-order valence-corrected chi connectivity index (χ1v) is 7.53. The first kappa shape index (κ1) is 35.3. The molecule has 0 spiro atoms. The van der Waals surface area contributed by atoms with Crippen molar-refractivity contribution in [1.82, 2.24) is 0 Å². The molecule has 5 heteroatoms. The van der Waals surface area contributed by atoms with Crippen LogP contribution in [0.2, 0.25) is 0 Å². The van der Waals surface area contributed by atoms with Gasteiger partial charge in [-0.05, 0) is 41.5 Å². The predicted octanol–water partition coefficient (Wildman–Crippen LogP) is 5.34. The van der Waals surface area contributed by atoms with Gasteiger partial charge in [0, 0.05) is 0 Å². The van der Waals surface area contributed by atoms with Gasteiger partial charge in [-0.15, -0.1) is 0 Å². The third-order valence-corrected chi connectivity index (χ3v) is 3.54. The molecule has 0 unspecified atom stereocenters. The molecule has 2 aromatic carbocycles. The van der Waals surface area contributed by atoms with Gasteiger partial charge < -0.3 is 16.4 Å². The van der Waals surface area contributed by atoms with E-state index in [0.717, 1.165) is 19.3 Å². The van der Waals surface area contributed by atoms with Gasteiger partial charge in [0.1, 0.15) is 0 Å². The van der Waals surface area contributed by atoms with Crippen LogP contribution in [0.3, 0.4) is 0 Å². The van der Waals surface area contributed by atoms with Crippen molar-refractivity contribution in [2.45, 2.75) is 40.0 Å². The summed E-state index contributed by atoms with van der Waals surface area (Å²) in [7, 11) is 0. The SMILES string of the molecule is C=Cc1ccccc1CC.CCc1ccccc1CC.[Fe+3].[Fe+3].[O-2].[O-2].[O-2]. The Bertz CT molecular complexity index is 523. The zero-order chi connectivity index (χ0) is 14.8. The van der Waals surface area contributed by atoms with Crippen LogP contribution >= 0.6 is 0 Å². The van der Waals surface area contributed by atoms with Crippen molar-refractivity contribution < 1.29 is 50.6 Å². The molecular formula is C20H26Fe2O3. The maximum Gasteiger partial charge on any atom is 3.00 e. The smallest absolute Gasteiger partial charge is 2.00 e. The van der Waals surface area contributed by atoms with Crippen molar-refractivity contribution in [3.8, 4) is 0 Å². The normalized spacial score (nSPS) is 7.64. The molecule has 140 valence electrons. The molecule has 25 heavy (non-hydrogen) atoms. The fourth-order valence-electron chi connectivity index (χ4n) is 2.30. The molecule has 0 saturated carbocycles. The van der Waals surface area contributed by atoms with E-state index >= 15 is 0 Å². The zero-order valence-corrected chi connectivity index (χ0v) is 17.2. The van der Waals surface area contributed by atoms with Crippen LogP contribution in [0.15, 0.2) is 55.1 Å². The second-order valence-corrected chi connectivity index (χ2v) is 4.73. The third-order valence-electron chi connectivity index (χ3n) is 3.54. The van der Waals surface area contributed by atoms with E-state index in [4.69, 9.17) is 0 Å². The van der Waals surface area contributed by atoms with E-state index in [1.54, 1.807) is 0 Å². The van der Waals surface area contributed by atoms with Crippen LogP contribution in [0.1, 0.15) is 43.0 Å². The Morgan fingerprint density at radius 3 is 1.24 bits per heavy atom. The molecule has 0 heterocycles. The molecule has 2 aromatic rings. The van der Waals surface area contributed by atoms with Gasteiger partial charge in [-0.3, -0.25) is 0 Å². The summed E-state index contributed by atoms with van der Waals surface area (Å²) in [4.78, 5) is 0. The molecule has 0 aliphatic carbocycles. The molecule has 0 aromatic heterocycles. The van der Waals surface area contributed by atoms with E-state index in [1.807, 2.05) is 12.1 Å². The maximum absolute atomic E-state index is 3.74. The van der Waals surface area contributed by atoms with Crippen LogP contribution in [-0.4, -0.2) is 0 Å². The largest absolute Gasteiger partial charge is 3.00 e. The molecular weight excluding hydrogens is 400 g/mol. The van der Waals surface area contributed by atoms with Crippen molar-refractivity contribution in [1.29, 1.82) is 0 Å². The number of hydrogen-bond donors (Lipinski definition) is 0. The van der Waals surface area contributed by atoms with Gasteiger partial charge in [0.25, 0.3) is 0 Å². The summed E-state index contributed by atoms with van der Waals surface area (Å²) in [5.74, 6) is 0. The summed E-state index contributed by atoms with van der Waals surface area (Å²) >= 11 is 0. The van der Waals surface area contributed by atoms with Gasteiger partial charge in [-0.1, -0.05) is 82.0 Å². The van der Waals surface area contributed by atoms with Crippen molar-refractivity contribution in [2.75, 3.05) is 0 Å². The molecule has 0 saturated heterocycles. The topological polar surface area (TPSA) is 85.5 Å². The second kappa shape index (κ2) is 21.1. The monoisotopic (exact) mass is 426 g/mol. The number of aryl methyl sites for hydroxylation is 3. The Morgan fingerprint density at radius 2 is 0.960 bits per heavy atom. The average molecular weight is 426 g/mol. The first-order chi connectivity index (χ1) is 9.76. The molecule has 0 aliphatic heterocycles. The fraction of sp³-hybridized carbons (Fsp3) is 0.300. The van der Waals surface area contributed by atoms with E-state index < -0.39 is 0 Å². The quantitative estimate of drug-likeness (QED) is 0.591. The second-order valence-electron chi connectivity index (χ2n) is 4.73. The summed E-state index contributed by atoms with van der Waals surface area (Å²) in [5, 5.41) is 0. The predicted molar refractivity (Wildman–Crippen MR) is 93.2 cm³/mol. The van der Waals surface area contributed by atoms with E-state index in [2.05, 4.69) is 69.8 Å². The third kappa shape index (κ3) is 12.1. The molecule has 3 nitrogen and oxygen atoms in total. The number of hydrogen-bond acceptors (Lipinski definition) is 0. The molecule has 0 aliphatic rings. The van der Waals surface area contributed by atoms with Gasteiger partial charge in [0.2, 0.25) is 0 Å². The van der Waals surface area contributed by atoms with E-state index in [-0.39, 0.29) is 50.6 Å². The van der Waals surface area contributed by atoms with E-state index in [1.165, 1.54) is 22.3 Å². The Labute approximate surface area is 173 Å². The number of benzene rings is 2. The van der Waals surface area contributed by atoms with E-state index in [0.29, 0.717) is 0 Å². The minimum atomic E-state index is 0. The van der Waals surface area contributed by atoms with Gasteiger partial charge in [0.15, 0.2) is 0 Å². The van der Waals surface area contributed by atoms with Crippen molar-refractivity contribution in [3.05, 3.63) is 77.4 Å². The summed E-state index contributed by atoms with van der Waals surface area (Å²) in [6.07, 6.45) is 5.30. The summed E-state index contributed by atoms with van der Waals surface area (Å²) < 4.78 is 0. The van der Waals surface area contributed by atoms with Crippen LogP contribution < -0.4 is 0 Å². The van der Waals surface area contributed by atoms with Crippen LogP contribution in [-0.2, 0) is 69.8 Å². The zero-order valence-electron chi connectivity index (χ0n) is 15.0. The number of rotatable bonds is 4. The van der Waals surface area contributed by atoms with Crippen LogP contribution in [0, 0.1) is 0 Å². The molecule has 2 radical (unpaired) electrons. The standard InChI is InChI=1S/C10H14.C10H12.2Fe.3O/c2*1-3-9-7-5-6-8-10(9)4-2;;;;;/h5-8H,3-4H2,1-2H3;3,5-8H,1,4H2,2H3;;;;;/q;;2*+3;3*-2. The Morgan fingerprint density at radius 1 is 0.640 bits per heavy atom. The molecule has 2 rings (SSSR count). The molecule has 0 amide bonds. The summed E-state index contributed by atoms with van der Waals surface area (Å²) in [5.41, 5.74) is 5.61. The fourth-order valence-corrected chi connectivity index (χ4v) is 2.30. The van der Waals surface area contributed by atoms with Crippen molar-refractivity contribution >= 4 is 6.08 Å². The Hall–Kier alpha value is -0.901. The van der Waals surface area contributed by atoms with Crippen LogP contribution in [0.25, 0.3) is 6.08 Å². The Kier molecular flexibility index (Phi) is 29.8. The van der Waals surface area contributed by atoms with Crippen molar-refractivity contribution in [3.63, 3.8) is 0 Å².